The first-order valence-corrected chi connectivity index (χ1v) is 10.9. The number of nitrogens with zero attached hydrogens (tertiary/aromatic N) is 2. The number of rotatable bonds is 8. The van der Waals surface area contributed by atoms with Gasteiger partial charge in [0, 0.05) is 18.7 Å². The second-order valence-electron chi connectivity index (χ2n) is 7.80. The average molecular weight is 430 g/mol. The summed E-state index contributed by atoms with van der Waals surface area (Å²) >= 11 is 0. The van der Waals surface area contributed by atoms with E-state index in [0.29, 0.717) is 12.1 Å². The highest BCUT2D eigenvalue weighted by Crippen LogP contribution is 2.24. The molecule has 1 fully saturated rings. The summed E-state index contributed by atoms with van der Waals surface area (Å²) in [7, 11) is 0. The van der Waals surface area contributed by atoms with Crippen molar-refractivity contribution in [2.45, 2.75) is 37.6 Å². The van der Waals surface area contributed by atoms with Crippen molar-refractivity contribution in [2.75, 3.05) is 19.6 Å². The lowest BCUT2D eigenvalue weighted by molar-refractivity contribution is -0.123. The van der Waals surface area contributed by atoms with Crippen molar-refractivity contribution in [1.82, 2.24) is 16.0 Å². The zero-order valence-corrected chi connectivity index (χ0v) is 17.9. The number of hydrogen-bond acceptors (Lipinski definition) is 5. The van der Waals surface area contributed by atoms with Gasteiger partial charge in [0.25, 0.3) is 5.91 Å². The molecule has 2 amide bonds. The summed E-state index contributed by atoms with van der Waals surface area (Å²) in [6.07, 6.45) is 3.22. The van der Waals surface area contributed by atoms with E-state index in [2.05, 4.69) is 22.0 Å². The minimum Gasteiger partial charge on any atom is -0.353 e. The van der Waals surface area contributed by atoms with Crippen molar-refractivity contribution in [1.29, 1.82) is 10.5 Å². The van der Waals surface area contributed by atoms with Crippen molar-refractivity contribution >= 4 is 11.8 Å². The first-order chi connectivity index (χ1) is 15.6. The molecule has 0 saturated carbocycles. The summed E-state index contributed by atoms with van der Waals surface area (Å²) in [5.41, 5.74) is 3.17. The molecule has 0 spiro atoms. The Morgan fingerprint density at radius 2 is 1.88 bits per heavy atom. The van der Waals surface area contributed by atoms with Crippen molar-refractivity contribution < 1.29 is 9.59 Å². The number of carbonyl (C=O) groups is 2. The van der Waals surface area contributed by atoms with Gasteiger partial charge in [-0.15, -0.1) is 0 Å². The highest BCUT2D eigenvalue weighted by molar-refractivity contribution is 5.95. The molecule has 3 rings (SSSR count). The molecule has 1 aliphatic rings. The highest BCUT2D eigenvalue weighted by Gasteiger charge is 2.21. The molecule has 1 aliphatic heterocycles. The van der Waals surface area contributed by atoms with Gasteiger partial charge in [-0.2, -0.15) is 10.5 Å². The van der Waals surface area contributed by atoms with E-state index in [1.54, 1.807) is 12.1 Å². The van der Waals surface area contributed by atoms with Gasteiger partial charge in [-0.25, -0.2) is 0 Å². The third-order valence-electron chi connectivity index (χ3n) is 5.56. The molecule has 1 heterocycles. The molecule has 7 nitrogen and oxygen atoms in total. The second-order valence-corrected chi connectivity index (χ2v) is 7.80. The van der Waals surface area contributed by atoms with Crippen LogP contribution in [0.15, 0.2) is 48.5 Å². The van der Waals surface area contributed by atoms with E-state index in [1.807, 2.05) is 42.5 Å². The molecule has 0 aromatic heterocycles. The van der Waals surface area contributed by atoms with Crippen molar-refractivity contribution in [3.8, 4) is 23.3 Å². The van der Waals surface area contributed by atoms with Crippen LogP contribution in [0.25, 0.3) is 11.1 Å². The first kappa shape index (κ1) is 23.0. The van der Waals surface area contributed by atoms with Crippen LogP contribution in [0.4, 0.5) is 0 Å². The zero-order chi connectivity index (χ0) is 22.8. The number of benzene rings is 2. The Morgan fingerprint density at radius 3 is 2.56 bits per heavy atom. The Kier molecular flexibility index (Phi) is 8.36. The van der Waals surface area contributed by atoms with Crippen LogP contribution >= 0.6 is 0 Å². The van der Waals surface area contributed by atoms with Gasteiger partial charge in [0.2, 0.25) is 5.91 Å². The van der Waals surface area contributed by atoms with Crippen LogP contribution in [0.2, 0.25) is 0 Å². The summed E-state index contributed by atoms with van der Waals surface area (Å²) in [6.45, 7) is 1.44. The van der Waals surface area contributed by atoms with E-state index in [4.69, 9.17) is 5.26 Å². The standard InChI is InChI=1S/C25H27N5O2/c26-12-4-14-29-24(31)21-6-3-5-20(15-21)18-8-10-19(11-9-18)22(16-27)17-30-25(32)23-7-1-2-13-28-23/h3,5-6,8-11,15,22-23,28H,1-2,4,7,13-14,17H2,(H,29,31)(H,30,32)/t22-,23-/m0/s1. The summed E-state index contributed by atoms with van der Waals surface area (Å²) in [6, 6.07) is 19.0. The number of carbonyl (C=O) groups excluding carboxylic acids is 2. The van der Waals surface area contributed by atoms with Gasteiger partial charge in [0.15, 0.2) is 0 Å². The van der Waals surface area contributed by atoms with Crippen LogP contribution in [0, 0.1) is 22.7 Å². The number of nitrogens with one attached hydrogen (secondary N) is 3. The highest BCUT2D eigenvalue weighted by atomic mass is 16.2. The molecule has 164 valence electrons. The minimum atomic E-state index is -0.436. The molecule has 2 atom stereocenters. The maximum Gasteiger partial charge on any atom is 0.251 e. The van der Waals surface area contributed by atoms with E-state index in [0.717, 1.165) is 42.5 Å². The van der Waals surface area contributed by atoms with Crippen LogP contribution in [0.3, 0.4) is 0 Å². The van der Waals surface area contributed by atoms with Gasteiger partial charge >= 0.3 is 0 Å². The molecule has 0 unspecified atom stereocenters. The van der Waals surface area contributed by atoms with Crippen molar-refractivity contribution in [3.63, 3.8) is 0 Å². The minimum absolute atomic E-state index is 0.0496. The maximum atomic E-state index is 12.3. The smallest absolute Gasteiger partial charge is 0.251 e. The molecule has 32 heavy (non-hydrogen) atoms. The Hall–Kier alpha value is -3.68. The van der Waals surface area contributed by atoms with E-state index >= 15 is 0 Å². The fourth-order valence-corrected chi connectivity index (χ4v) is 3.72. The van der Waals surface area contributed by atoms with E-state index in [-0.39, 0.29) is 30.8 Å². The quantitative estimate of drug-likeness (QED) is 0.558. The fraction of sp³-hybridized carbons (Fsp3) is 0.360. The largest absolute Gasteiger partial charge is 0.353 e. The third-order valence-corrected chi connectivity index (χ3v) is 5.56. The molecular formula is C25H27N5O2. The number of hydrogen-bond donors (Lipinski definition) is 3. The Balaban J connectivity index is 1.63. The monoisotopic (exact) mass is 429 g/mol. The predicted octanol–water partition coefficient (Wildman–Crippen LogP) is 2.86. The predicted molar refractivity (Wildman–Crippen MR) is 121 cm³/mol. The molecule has 0 bridgehead atoms. The molecule has 3 N–H and O–H groups in total. The van der Waals surface area contributed by atoms with Gasteiger partial charge in [0.1, 0.15) is 0 Å². The zero-order valence-electron chi connectivity index (χ0n) is 17.9. The van der Waals surface area contributed by atoms with Crippen LogP contribution in [-0.2, 0) is 4.79 Å². The lowest BCUT2D eigenvalue weighted by Crippen LogP contribution is -2.47. The normalized spacial score (nSPS) is 16.2. The second kappa shape index (κ2) is 11.6. The lowest BCUT2D eigenvalue weighted by atomic mass is 9.96. The van der Waals surface area contributed by atoms with Crippen molar-refractivity contribution in [3.05, 3.63) is 59.7 Å². The van der Waals surface area contributed by atoms with E-state index in [1.165, 1.54) is 0 Å². The van der Waals surface area contributed by atoms with E-state index < -0.39 is 5.92 Å². The molecule has 0 aliphatic carbocycles. The Morgan fingerprint density at radius 1 is 1.06 bits per heavy atom. The van der Waals surface area contributed by atoms with Crippen LogP contribution in [0.5, 0.6) is 0 Å². The molecule has 2 aromatic rings. The Bertz CT molecular complexity index is 1010. The lowest BCUT2D eigenvalue weighted by Gasteiger charge is -2.23. The summed E-state index contributed by atoms with van der Waals surface area (Å²) in [4.78, 5) is 24.6. The molecule has 0 radical (unpaired) electrons. The van der Waals surface area contributed by atoms with Gasteiger partial charge in [-0.05, 0) is 48.2 Å². The van der Waals surface area contributed by atoms with Crippen LogP contribution in [0.1, 0.15) is 47.5 Å². The van der Waals surface area contributed by atoms with E-state index in [9.17, 15) is 14.9 Å². The number of nitriles is 2. The SMILES string of the molecule is N#CCCNC(=O)c1cccc(-c2ccc([C@@H](C#N)CNC(=O)[C@@H]3CCCCN3)cc2)c1. The molecule has 7 heteroatoms. The van der Waals surface area contributed by atoms with Gasteiger partial charge in [-0.3, -0.25) is 9.59 Å². The van der Waals surface area contributed by atoms with Crippen molar-refractivity contribution in [2.24, 2.45) is 0 Å². The summed E-state index contributed by atoms with van der Waals surface area (Å²) in [5.74, 6) is -0.702. The number of amides is 2. The van der Waals surface area contributed by atoms with Gasteiger partial charge in [-0.1, -0.05) is 42.8 Å². The maximum absolute atomic E-state index is 12.3. The topological polar surface area (TPSA) is 118 Å². The summed E-state index contributed by atoms with van der Waals surface area (Å²) in [5, 5.41) is 27.0. The Labute approximate surface area is 188 Å². The summed E-state index contributed by atoms with van der Waals surface area (Å²) < 4.78 is 0. The number of piperidine rings is 1. The van der Waals surface area contributed by atoms with Crippen LogP contribution < -0.4 is 16.0 Å². The first-order valence-electron chi connectivity index (χ1n) is 10.9. The third kappa shape index (κ3) is 6.16. The molecule has 2 aromatic carbocycles. The van der Waals surface area contributed by atoms with Gasteiger partial charge < -0.3 is 16.0 Å². The van der Waals surface area contributed by atoms with Crippen LogP contribution in [-0.4, -0.2) is 37.5 Å². The molecular weight excluding hydrogens is 402 g/mol. The molecule has 1 saturated heterocycles. The van der Waals surface area contributed by atoms with Gasteiger partial charge in [0.05, 0.1) is 30.5 Å². The average Bonchev–Trinajstić information content (AvgIpc) is 2.85. The fourth-order valence-electron chi connectivity index (χ4n) is 3.72.